The number of thiophene rings is 1. The van der Waals surface area contributed by atoms with E-state index in [9.17, 15) is 14.0 Å². The van der Waals surface area contributed by atoms with E-state index >= 15 is 4.39 Å². The number of rotatable bonds is 6. The number of likely N-dealkylation sites (N-methyl/N-ethyl adjacent to an activating group) is 1. The maximum Gasteiger partial charge on any atom is 0.284 e. The van der Waals surface area contributed by atoms with Crippen LogP contribution in [0.3, 0.4) is 0 Å². The minimum atomic E-state index is -0.744. The molecule has 1 aliphatic rings. The topological polar surface area (TPSA) is 79.7 Å². The molecule has 0 bridgehead atoms. The first-order valence-electron chi connectivity index (χ1n) is 13.9. The Balaban J connectivity index is 1.15. The molecule has 0 saturated carbocycles. The van der Waals surface area contributed by atoms with Crippen molar-refractivity contribution in [2.75, 3.05) is 45.1 Å². The van der Waals surface area contributed by atoms with E-state index in [1.54, 1.807) is 6.07 Å². The van der Waals surface area contributed by atoms with E-state index < -0.39 is 23.1 Å². The molecular weight excluding hydrogens is 584 g/mol. The molecule has 0 spiro atoms. The number of nitrogens with zero attached hydrogens (tertiary/aromatic N) is 4. The molecule has 11 heteroatoms. The van der Waals surface area contributed by atoms with Crippen LogP contribution in [0.5, 0.6) is 11.5 Å². The van der Waals surface area contributed by atoms with Crippen molar-refractivity contribution in [1.82, 2.24) is 19.6 Å². The number of amides is 1. The van der Waals surface area contributed by atoms with Crippen molar-refractivity contribution in [3.8, 4) is 29.0 Å². The number of hydrogen-bond acceptors (Lipinski definition) is 7. The van der Waals surface area contributed by atoms with Gasteiger partial charge in [0.25, 0.3) is 11.5 Å². The summed E-state index contributed by atoms with van der Waals surface area (Å²) in [6.45, 7) is 4.81. The summed E-state index contributed by atoms with van der Waals surface area (Å²) in [6.07, 6.45) is 1.28. The third-order valence-electron chi connectivity index (χ3n) is 7.19. The molecule has 0 radical (unpaired) electrons. The van der Waals surface area contributed by atoms with E-state index in [1.165, 1.54) is 60.0 Å². The highest BCUT2D eigenvalue weighted by atomic mass is 32.1. The average Bonchev–Trinajstić information content (AvgIpc) is 3.44. The van der Waals surface area contributed by atoms with Gasteiger partial charge in [-0.15, -0.1) is 11.3 Å². The number of aromatic nitrogens is 2. The van der Waals surface area contributed by atoms with E-state index in [1.807, 2.05) is 18.2 Å². The van der Waals surface area contributed by atoms with E-state index in [4.69, 9.17) is 4.74 Å². The van der Waals surface area contributed by atoms with Gasteiger partial charge < -0.3 is 15.0 Å². The van der Waals surface area contributed by atoms with Crippen LogP contribution in [0.1, 0.15) is 15.2 Å². The number of carbonyl (C=O) groups is 1. The third kappa shape index (κ3) is 6.53. The second-order valence-corrected chi connectivity index (χ2v) is 11.4. The Morgan fingerprint density at radius 1 is 1.00 bits per heavy atom. The van der Waals surface area contributed by atoms with Crippen LogP contribution >= 0.6 is 11.3 Å². The van der Waals surface area contributed by atoms with E-state index in [2.05, 4.69) is 39.1 Å². The van der Waals surface area contributed by atoms with Gasteiger partial charge in [-0.05, 0) is 67.0 Å². The van der Waals surface area contributed by atoms with Crippen molar-refractivity contribution >= 4 is 33.0 Å². The number of benzene rings is 3. The molecule has 3 aromatic carbocycles. The van der Waals surface area contributed by atoms with Crippen LogP contribution in [0.2, 0.25) is 0 Å². The van der Waals surface area contributed by atoms with Gasteiger partial charge in [0, 0.05) is 44.1 Å². The Kier molecular flexibility index (Phi) is 8.47. The van der Waals surface area contributed by atoms with Gasteiger partial charge >= 0.3 is 0 Å². The van der Waals surface area contributed by atoms with Gasteiger partial charge in [0.1, 0.15) is 17.1 Å². The van der Waals surface area contributed by atoms with Gasteiger partial charge in [0.15, 0.2) is 11.6 Å². The maximum absolute atomic E-state index is 15.1. The van der Waals surface area contributed by atoms with Crippen molar-refractivity contribution < 1.29 is 18.3 Å². The fraction of sp³-hybridized carbons (Fsp3) is 0.182. The van der Waals surface area contributed by atoms with E-state index in [0.717, 1.165) is 51.9 Å². The van der Waals surface area contributed by atoms with Gasteiger partial charge in [-0.2, -0.15) is 9.78 Å². The standard InChI is InChI=1S/C33H27F2N5O3S/c1-38-16-18-39(19-17-38)15-3-5-26-20-22-4-2-6-30(31(22)44-26)43-29-12-9-24(21-28(29)35)37-32(41)27-13-14-36-40(33(27)42)25-10-7-23(34)8-11-25/h2,4,6-14,20-21H,15-19H2,1H3,(H,37,41). The van der Waals surface area contributed by atoms with Crippen LogP contribution in [-0.2, 0) is 0 Å². The minimum Gasteiger partial charge on any atom is -0.453 e. The molecule has 1 fully saturated rings. The molecule has 5 aromatic rings. The summed E-state index contributed by atoms with van der Waals surface area (Å²) in [4.78, 5) is 31.4. The SMILES string of the molecule is CN1CCN(CC#Cc2cc3cccc(Oc4ccc(NC(=O)c5ccnn(-c6ccc(F)cc6)c5=O)cc4F)c3s2)CC1. The lowest BCUT2D eigenvalue weighted by Crippen LogP contribution is -2.44. The Hall–Kier alpha value is -4.89. The highest BCUT2D eigenvalue weighted by Crippen LogP contribution is 2.37. The maximum atomic E-state index is 15.1. The summed E-state index contributed by atoms with van der Waals surface area (Å²) in [5.74, 6) is 5.09. The van der Waals surface area contributed by atoms with Crippen LogP contribution < -0.4 is 15.6 Å². The third-order valence-corrected chi connectivity index (χ3v) is 8.27. The first-order chi connectivity index (χ1) is 21.3. The predicted molar refractivity (Wildman–Crippen MR) is 167 cm³/mol. The number of carbonyl (C=O) groups excluding carboxylic acids is 1. The molecule has 1 N–H and O–H groups in total. The highest BCUT2D eigenvalue weighted by Gasteiger charge is 2.17. The number of hydrogen-bond donors (Lipinski definition) is 1. The first kappa shape index (κ1) is 29.2. The summed E-state index contributed by atoms with van der Waals surface area (Å²) >= 11 is 1.49. The molecule has 0 atom stereocenters. The summed E-state index contributed by atoms with van der Waals surface area (Å²) in [5, 5.41) is 7.46. The van der Waals surface area contributed by atoms with Crippen molar-refractivity contribution in [1.29, 1.82) is 0 Å². The van der Waals surface area contributed by atoms with Gasteiger partial charge in [-0.25, -0.2) is 8.78 Å². The molecule has 3 heterocycles. The molecule has 1 saturated heterocycles. The van der Waals surface area contributed by atoms with E-state index in [0.29, 0.717) is 18.0 Å². The zero-order valence-corrected chi connectivity index (χ0v) is 24.5. The number of piperazine rings is 1. The minimum absolute atomic E-state index is 0.0193. The first-order valence-corrected chi connectivity index (χ1v) is 14.7. The van der Waals surface area contributed by atoms with Crippen molar-refractivity contribution in [2.24, 2.45) is 0 Å². The van der Waals surface area contributed by atoms with Crippen molar-refractivity contribution in [3.63, 3.8) is 0 Å². The lowest BCUT2D eigenvalue weighted by Gasteiger charge is -2.30. The van der Waals surface area contributed by atoms with E-state index in [-0.39, 0.29) is 17.0 Å². The molecule has 1 amide bonds. The molecule has 6 rings (SSSR count). The monoisotopic (exact) mass is 611 g/mol. The van der Waals surface area contributed by atoms with Crippen molar-refractivity contribution in [3.05, 3.63) is 111 Å². The van der Waals surface area contributed by atoms with Crippen LogP contribution in [0.15, 0.2) is 83.8 Å². The predicted octanol–water partition coefficient (Wildman–Crippen LogP) is 5.37. The molecular formula is C33H27F2N5O3S. The fourth-order valence-electron chi connectivity index (χ4n) is 4.75. The lowest BCUT2D eigenvalue weighted by molar-refractivity contribution is 0.102. The summed E-state index contributed by atoms with van der Waals surface area (Å²) in [7, 11) is 2.12. The van der Waals surface area contributed by atoms with Gasteiger partial charge in [0.2, 0.25) is 0 Å². The summed E-state index contributed by atoms with van der Waals surface area (Å²) in [5.41, 5.74) is -0.484. The van der Waals surface area contributed by atoms with Crippen molar-refractivity contribution in [2.45, 2.75) is 0 Å². The molecule has 0 aliphatic carbocycles. The van der Waals surface area contributed by atoms with Crippen LogP contribution in [0, 0.1) is 23.5 Å². The fourth-order valence-corrected chi connectivity index (χ4v) is 5.74. The largest absolute Gasteiger partial charge is 0.453 e. The molecule has 222 valence electrons. The number of halogens is 2. The second kappa shape index (κ2) is 12.8. The normalized spacial score (nSPS) is 13.8. The Labute approximate surface area is 256 Å². The number of ether oxygens (including phenoxy) is 1. The van der Waals surface area contributed by atoms with Gasteiger partial charge in [-0.3, -0.25) is 14.5 Å². The van der Waals surface area contributed by atoms with Gasteiger partial charge in [-0.1, -0.05) is 24.0 Å². The quantitative estimate of drug-likeness (QED) is 0.260. The Bertz CT molecular complexity index is 1950. The summed E-state index contributed by atoms with van der Waals surface area (Å²) < 4.78 is 36.2. The number of fused-ring (bicyclic) bond motifs is 1. The number of nitrogens with one attached hydrogen (secondary N) is 1. The zero-order chi connectivity index (χ0) is 30.6. The molecule has 8 nitrogen and oxygen atoms in total. The second-order valence-electron chi connectivity index (χ2n) is 10.3. The molecule has 0 unspecified atom stereocenters. The zero-order valence-electron chi connectivity index (χ0n) is 23.7. The highest BCUT2D eigenvalue weighted by molar-refractivity contribution is 7.20. The van der Waals surface area contributed by atoms with Crippen LogP contribution in [0.4, 0.5) is 14.5 Å². The molecule has 2 aromatic heterocycles. The Morgan fingerprint density at radius 3 is 2.57 bits per heavy atom. The number of anilines is 1. The van der Waals surface area contributed by atoms with Crippen LogP contribution in [-0.4, -0.2) is 65.3 Å². The van der Waals surface area contributed by atoms with Gasteiger partial charge in [0.05, 0.1) is 21.8 Å². The smallest absolute Gasteiger partial charge is 0.284 e. The average molecular weight is 612 g/mol. The molecule has 44 heavy (non-hydrogen) atoms. The summed E-state index contributed by atoms with van der Waals surface area (Å²) in [6, 6.07) is 18.0. The molecule has 1 aliphatic heterocycles. The Morgan fingerprint density at radius 2 is 1.80 bits per heavy atom. The lowest BCUT2D eigenvalue weighted by atomic mass is 10.2. The van der Waals surface area contributed by atoms with Crippen LogP contribution in [0.25, 0.3) is 15.8 Å².